The Labute approximate surface area is 600 Å². The van der Waals surface area contributed by atoms with Crippen LogP contribution in [0.1, 0.15) is 414 Å². The van der Waals surface area contributed by atoms with Crippen molar-refractivity contribution >= 4 is 39.5 Å². The summed E-state index contributed by atoms with van der Waals surface area (Å²) in [4.78, 5) is 72.9. The topological polar surface area (TPSA) is 237 Å². The molecule has 98 heavy (non-hydrogen) atoms. The average Bonchev–Trinajstić information content (AvgIpc) is 1.64. The quantitative estimate of drug-likeness (QED) is 0.0222. The molecule has 0 saturated carbocycles. The number of hydrogen-bond acceptors (Lipinski definition) is 15. The minimum Gasteiger partial charge on any atom is -0.462 e. The van der Waals surface area contributed by atoms with E-state index in [1.54, 1.807) is 0 Å². The van der Waals surface area contributed by atoms with Crippen LogP contribution in [0.5, 0.6) is 0 Å². The van der Waals surface area contributed by atoms with Gasteiger partial charge in [0.15, 0.2) is 12.2 Å². The van der Waals surface area contributed by atoms with E-state index in [1.165, 1.54) is 231 Å². The van der Waals surface area contributed by atoms with E-state index in [0.717, 1.165) is 102 Å². The molecule has 0 saturated heterocycles. The van der Waals surface area contributed by atoms with Crippen molar-refractivity contribution in [2.45, 2.75) is 432 Å². The largest absolute Gasteiger partial charge is 0.472 e. The Morgan fingerprint density at radius 1 is 0.276 bits per heavy atom. The Morgan fingerprint density at radius 2 is 0.469 bits per heavy atom. The van der Waals surface area contributed by atoms with Crippen molar-refractivity contribution in [1.82, 2.24) is 0 Å². The fourth-order valence-electron chi connectivity index (χ4n) is 12.2. The average molecular weight is 1440 g/mol. The molecule has 3 N–H and O–H groups in total. The number of carbonyl (C=O) groups excluding carboxylic acids is 4. The Kier molecular flexibility index (Phi) is 69.3. The molecule has 0 radical (unpaired) electrons. The first kappa shape index (κ1) is 96.1. The summed E-state index contributed by atoms with van der Waals surface area (Å²) in [6, 6.07) is 0. The molecule has 0 rings (SSSR count). The summed E-state index contributed by atoms with van der Waals surface area (Å²) in [5.41, 5.74) is 0. The second-order valence-electron chi connectivity index (χ2n) is 29.4. The fourth-order valence-corrected chi connectivity index (χ4v) is 13.8. The Hall–Kier alpha value is -1.94. The maximum atomic E-state index is 13.1. The third-order valence-electron chi connectivity index (χ3n) is 18.5. The molecule has 17 nitrogen and oxygen atoms in total. The van der Waals surface area contributed by atoms with Crippen LogP contribution in [0.25, 0.3) is 0 Å². The summed E-state index contributed by atoms with van der Waals surface area (Å²) >= 11 is 0. The normalized spacial score (nSPS) is 13.9. The van der Waals surface area contributed by atoms with Crippen molar-refractivity contribution in [1.29, 1.82) is 0 Å². The number of aliphatic hydroxyl groups excluding tert-OH is 1. The Morgan fingerprint density at radius 3 is 0.694 bits per heavy atom. The lowest BCUT2D eigenvalue weighted by molar-refractivity contribution is -0.161. The maximum absolute atomic E-state index is 13.1. The number of phosphoric ester groups is 2. The summed E-state index contributed by atoms with van der Waals surface area (Å²) < 4.78 is 68.6. The lowest BCUT2D eigenvalue weighted by Crippen LogP contribution is -2.30. The highest BCUT2D eigenvalue weighted by molar-refractivity contribution is 7.47. The lowest BCUT2D eigenvalue weighted by atomic mass is 10.0. The van der Waals surface area contributed by atoms with Crippen LogP contribution in [0, 0.1) is 11.8 Å². The van der Waals surface area contributed by atoms with Crippen LogP contribution in [-0.4, -0.2) is 96.7 Å². The Balaban J connectivity index is 5.22. The molecule has 0 aromatic carbocycles. The van der Waals surface area contributed by atoms with Gasteiger partial charge in [-0.05, 0) is 37.5 Å². The summed E-state index contributed by atoms with van der Waals surface area (Å²) in [7, 11) is -9.91. The predicted molar refractivity (Wildman–Crippen MR) is 400 cm³/mol. The van der Waals surface area contributed by atoms with Crippen molar-refractivity contribution < 1.29 is 80.2 Å². The van der Waals surface area contributed by atoms with Crippen LogP contribution in [-0.2, 0) is 65.4 Å². The maximum Gasteiger partial charge on any atom is 0.472 e. The van der Waals surface area contributed by atoms with Crippen LogP contribution in [0.4, 0.5) is 0 Å². The number of carbonyl (C=O) groups is 4. The summed E-state index contributed by atoms with van der Waals surface area (Å²) in [6.45, 7) is 9.62. The van der Waals surface area contributed by atoms with E-state index >= 15 is 0 Å². The predicted octanol–water partition coefficient (Wildman–Crippen LogP) is 23.5. The zero-order valence-electron chi connectivity index (χ0n) is 64.1. The van der Waals surface area contributed by atoms with E-state index in [9.17, 15) is 43.2 Å². The van der Waals surface area contributed by atoms with E-state index in [-0.39, 0.29) is 25.7 Å². The van der Waals surface area contributed by atoms with Gasteiger partial charge in [0.25, 0.3) is 0 Å². The molecule has 5 atom stereocenters. The van der Waals surface area contributed by atoms with Crippen molar-refractivity contribution in [2.75, 3.05) is 39.6 Å². The molecule has 0 aliphatic heterocycles. The molecule has 2 unspecified atom stereocenters. The molecule has 19 heteroatoms. The van der Waals surface area contributed by atoms with E-state index in [0.29, 0.717) is 25.7 Å². The van der Waals surface area contributed by atoms with E-state index < -0.39 is 97.5 Å². The van der Waals surface area contributed by atoms with Crippen LogP contribution >= 0.6 is 15.6 Å². The smallest absolute Gasteiger partial charge is 0.462 e. The molecule has 0 heterocycles. The van der Waals surface area contributed by atoms with E-state index in [1.807, 2.05) is 0 Å². The van der Waals surface area contributed by atoms with Gasteiger partial charge < -0.3 is 33.8 Å². The minimum atomic E-state index is -4.96. The van der Waals surface area contributed by atoms with Gasteiger partial charge in [0.1, 0.15) is 19.3 Å². The first-order valence-electron chi connectivity index (χ1n) is 41.0. The number of ether oxygens (including phenoxy) is 4. The second kappa shape index (κ2) is 70.7. The molecule has 0 aliphatic rings. The van der Waals surface area contributed by atoms with Crippen LogP contribution < -0.4 is 0 Å². The van der Waals surface area contributed by atoms with Crippen LogP contribution in [0.15, 0.2) is 0 Å². The molecule has 0 aromatic rings. The van der Waals surface area contributed by atoms with Gasteiger partial charge in [-0.25, -0.2) is 9.13 Å². The lowest BCUT2D eigenvalue weighted by Gasteiger charge is -2.21. The number of unbranched alkanes of at least 4 members (excludes halogenated alkanes) is 48. The van der Waals surface area contributed by atoms with Crippen molar-refractivity contribution in [3.8, 4) is 0 Å². The number of hydrogen-bond donors (Lipinski definition) is 3. The van der Waals surface area contributed by atoms with E-state index in [2.05, 4.69) is 41.5 Å². The SMILES string of the molecule is CCCCCCCCCCCCCCCCCCCCCC(=O)O[C@H](COC(=O)CCCCCCCCCCCCCCCCC(C)C)COP(=O)(O)OC[C@@H](O)COP(=O)(O)OC[C@@H](COC(=O)CCCCCCCCCCC)OC(=O)CCCCCCCCCCCCC(C)C. The highest BCUT2D eigenvalue weighted by Gasteiger charge is 2.30. The zero-order chi connectivity index (χ0) is 72.1. The molecule has 0 aromatic heterocycles. The second-order valence-corrected chi connectivity index (χ2v) is 32.3. The van der Waals surface area contributed by atoms with Crippen molar-refractivity contribution in [3.63, 3.8) is 0 Å². The van der Waals surface area contributed by atoms with Gasteiger partial charge in [-0.15, -0.1) is 0 Å². The summed E-state index contributed by atoms with van der Waals surface area (Å²) in [5.74, 6) is -0.561. The highest BCUT2D eigenvalue weighted by Crippen LogP contribution is 2.45. The first-order valence-corrected chi connectivity index (χ1v) is 44.0. The van der Waals surface area contributed by atoms with Gasteiger partial charge in [0.05, 0.1) is 26.4 Å². The summed E-state index contributed by atoms with van der Waals surface area (Å²) in [5, 5.41) is 10.6. The number of rotatable bonds is 78. The molecule has 0 aliphatic carbocycles. The van der Waals surface area contributed by atoms with Crippen LogP contribution in [0.3, 0.4) is 0 Å². The van der Waals surface area contributed by atoms with Gasteiger partial charge in [-0.3, -0.25) is 37.3 Å². The fraction of sp³-hybridized carbons (Fsp3) is 0.949. The minimum absolute atomic E-state index is 0.106. The monoisotopic (exact) mass is 1440 g/mol. The third kappa shape index (κ3) is 72.4. The molecule has 0 bridgehead atoms. The van der Waals surface area contributed by atoms with Gasteiger partial charge >= 0.3 is 39.5 Å². The van der Waals surface area contributed by atoms with Gasteiger partial charge in [0.2, 0.25) is 0 Å². The van der Waals surface area contributed by atoms with E-state index in [4.69, 9.17) is 37.0 Å². The standard InChI is InChI=1S/C79H154O17P2/c1-7-9-11-13-15-17-18-19-20-21-22-23-24-29-32-39-45-51-57-63-78(83)95-75(68-90-77(82)62-56-50-44-38-31-28-26-25-27-30-36-41-47-53-59-71(3)4)70-94-98(87,88)92-66-73(80)65-91-97(85,86)93-69-74(67-89-76(81)61-55-49-43-35-16-14-12-10-8-2)96-79(84)64-58-52-46-40-34-33-37-42-48-54-60-72(5)6/h71-75,80H,7-70H2,1-6H3,(H,85,86)(H,87,88)/t73-,74+,75+/m0/s1. The van der Waals surface area contributed by atoms with Crippen molar-refractivity contribution in [3.05, 3.63) is 0 Å². The number of aliphatic hydroxyl groups is 1. The molecular formula is C79H154O17P2. The molecular weight excluding hydrogens is 1280 g/mol. The third-order valence-corrected chi connectivity index (χ3v) is 20.4. The molecule has 0 spiro atoms. The van der Waals surface area contributed by atoms with Crippen LogP contribution in [0.2, 0.25) is 0 Å². The molecule has 0 fully saturated rings. The Bertz CT molecular complexity index is 1890. The summed E-state index contributed by atoms with van der Waals surface area (Å²) in [6.07, 6.45) is 59.7. The molecule has 582 valence electrons. The van der Waals surface area contributed by atoms with Crippen molar-refractivity contribution in [2.24, 2.45) is 11.8 Å². The first-order chi connectivity index (χ1) is 47.4. The van der Waals surface area contributed by atoms with Gasteiger partial charge in [-0.1, -0.05) is 363 Å². The molecule has 0 amide bonds. The van der Waals surface area contributed by atoms with Gasteiger partial charge in [0, 0.05) is 25.7 Å². The highest BCUT2D eigenvalue weighted by atomic mass is 31.2. The number of esters is 4. The van der Waals surface area contributed by atoms with Gasteiger partial charge in [-0.2, -0.15) is 0 Å². The zero-order valence-corrected chi connectivity index (χ0v) is 65.9. The number of phosphoric acid groups is 2.